The van der Waals surface area contributed by atoms with Crippen LogP contribution in [0.1, 0.15) is 32.6 Å². The first-order valence-corrected chi connectivity index (χ1v) is 9.64. The molecule has 1 aliphatic rings. The molecule has 5 nitrogen and oxygen atoms in total. The molecule has 22 heavy (non-hydrogen) atoms. The molecule has 1 atom stereocenters. The minimum absolute atomic E-state index is 0.0748. The molecule has 0 aromatic heterocycles. The monoisotopic (exact) mass is 324 g/mol. The van der Waals surface area contributed by atoms with E-state index < -0.39 is 9.84 Å². The molecule has 0 spiro atoms. The van der Waals surface area contributed by atoms with E-state index in [2.05, 4.69) is 10.2 Å². The van der Waals surface area contributed by atoms with Crippen LogP contribution in [0.3, 0.4) is 0 Å². The van der Waals surface area contributed by atoms with Crippen LogP contribution < -0.4 is 10.2 Å². The highest BCUT2D eigenvalue weighted by Crippen LogP contribution is 2.27. The Morgan fingerprint density at radius 2 is 2.09 bits per heavy atom. The van der Waals surface area contributed by atoms with Crippen molar-refractivity contribution in [2.75, 3.05) is 24.2 Å². The van der Waals surface area contributed by atoms with Crippen LogP contribution in [-0.4, -0.2) is 39.7 Å². The number of hydrogen-bond donors (Lipinski definition) is 1. The van der Waals surface area contributed by atoms with Gasteiger partial charge in [-0.3, -0.25) is 4.79 Å². The predicted molar refractivity (Wildman–Crippen MR) is 87.8 cm³/mol. The van der Waals surface area contributed by atoms with Gasteiger partial charge in [0.25, 0.3) is 0 Å². The lowest BCUT2D eigenvalue weighted by Gasteiger charge is -2.35. The highest BCUT2D eigenvalue weighted by atomic mass is 32.2. The third kappa shape index (κ3) is 4.22. The van der Waals surface area contributed by atoms with E-state index >= 15 is 0 Å². The highest BCUT2D eigenvalue weighted by molar-refractivity contribution is 7.90. The van der Waals surface area contributed by atoms with E-state index in [9.17, 15) is 13.2 Å². The van der Waals surface area contributed by atoms with Gasteiger partial charge in [0, 0.05) is 31.8 Å². The first-order chi connectivity index (χ1) is 10.4. The number of piperidine rings is 1. The molecule has 1 saturated heterocycles. The van der Waals surface area contributed by atoms with Crippen molar-refractivity contribution in [2.45, 2.75) is 43.5 Å². The summed E-state index contributed by atoms with van der Waals surface area (Å²) in [6.45, 7) is 3.45. The lowest BCUT2D eigenvalue weighted by atomic mass is 10.0. The van der Waals surface area contributed by atoms with Gasteiger partial charge in [-0.25, -0.2) is 8.42 Å². The molecule has 1 aromatic carbocycles. The third-order valence-corrected chi connectivity index (χ3v) is 5.01. The van der Waals surface area contributed by atoms with Gasteiger partial charge in [0.05, 0.1) is 10.6 Å². The summed E-state index contributed by atoms with van der Waals surface area (Å²) in [5.74, 6) is 0.0748. The van der Waals surface area contributed by atoms with E-state index in [1.54, 1.807) is 12.1 Å². The number of benzene rings is 1. The van der Waals surface area contributed by atoms with Crippen LogP contribution in [0.4, 0.5) is 5.69 Å². The molecule has 0 bridgehead atoms. The number of carbonyl (C=O) groups excluding carboxylic acids is 1. The van der Waals surface area contributed by atoms with Crippen molar-refractivity contribution in [1.29, 1.82) is 0 Å². The van der Waals surface area contributed by atoms with E-state index in [4.69, 9.17) is 0 Å². The summed E-state index contributed by atoms with van der Waals surface area (Å²) in [7, 11) is -3.26. The molecule has 1 aliphatic heterocycles. The average molecular weight is 324 g/mol. The van der Waals surface area contributed by atoms with E-state index in [0.29, 0.717) is 17.9 Å². The molecule has 1 fully saturated rings. The van der Waals surface area contributed by atoms with E-state index in [1.165, 1.54) is 6.26 Å². The molecule has 1 heterocycles. The maximum absolute atomic E-state index is 11.9. The number of para-hydroxylation sites is 1. The summed E-state index contributed by atoms with van der Waals surface area (Å²) in [5, 5.41) is 3.05. The Kier molecular flexibility index (Phi) is 5.45. The molecular formula is C16H24N2O3S. The van der Waals surface area contributed by atoms with Crippen molar-refractivity contribution in [3.8, 4) is 0 Å². The van der Waals surface area contributed by atoms with Crippen LogP contribution in [0.25, 0.3) is 0 Å². The first kappa shape index (κ1) is 16.8. The summed E-state index contributed by atoms with van der Waals surface area (Å²) in [5.41, 5.74) is 0.736. The SMILES string of the molecule is CCCC(=O)NC1CCCN(c2ccccc2S(C)(=O)=O)C1. The number of carbonyl (C=O) groups is 1. The number of hydrogen-bond acceptors (Lipinski definition) is 4. The van der Waals surface area contributed by atoms with Crippen molar-refractivity contribution in [3.05, 3.63) is 24.3 Å². The molecule has 0 radical (unpaired) electrons. The Morgan fingerprint density at radius 1 is 1.36 bits per heavy atom. The van der Waals surface area contributed by atoms with E-state index in [-0.39, 0.29) is 11.9 Å². The van der Waals surface area contributed by atoms with Gasteiger partial charge < -0.3 is 10.2 Å². The lowest BCUT2D eigenvalue weighted by Crippen LogP contribution is -2.48. The Labute approximate surface area is 132 Å². The fourth-order valence-corrected chi connectivity index (χ4v) is 3.78. The number of anilines is 1. The Balaban J connectivity index is 2.15. The summed E-state index contributed by atoms with van der Waals surface area (Å²) in [6.07, 6.45) is 4.48. The fourth-order valence-electron chi connectivity index (χ4n) is 2.87. The minimum Gasteiger partial charge on any atom is -0.368 e. The topological polar surface area (TPSA) is 66.5 Å². The second kappa shape index (κ2) is 7.13. The third-order valence-electron chi connectivity index (χ3n) is 3.87. The molecule has 1 N–H and O–H groups in total. The lowest BCUT2D eigenvalue weighted by molar-refractivity contribution is -0.121. The van der Waals surface area contributed by atoms with Gasteiger partial charge in [-0.15, -0.1) is 0 Å². The largest absolute Gasteiger partial charge is 0.368 e. The number of nitrogens with zero attached hydrogens (tertiary/aromatic N) is 1. The van der Waals surface area contributed by atoms with Gasteiger partial charge in [0.15, 0.2) is 9.84 Å². The van der Waals surface area contributed by atoms with Gasteiger partial charge >= 0.3 is 0 Å². The van der Waals surface area contributed by atoms with Crippen LogP contribution in [0.5, 0.6) is 0 Å². The van der Waals surface area contributed by atoms with Crippen molar-refractivity contribution in [3.63, 3.8) is 0 Å². The van der Waals surface area contributed by atoms with Gasteiger partial charge in [-0.05, 0) is 31.4 Å². The van der Waals surface area contributed by atoms with E-state index in [1.807, 2.05) is 19.1 Å². The standard InChI is InChI=1S/C16H24N2O3S/c1-3-7-16(19)17-13-8-6-11-18(12-13)14-9-4-5-10-15(14)22(2,20)21/h4-5,9-10,13H,3,6-8,11-12H2,1-2H3,(H,17,19). The number of sulfone groups is 1. The fraction of sp³-hybridized carbons (Fsp3) is 0.562. The summed E-state index contributed by atoms with van der Waals surface area (Å²) in [6, 6.07) is 7.16. The molecule has 1 unspecified atom stereocenters. The van der Waals surface area contributed by atoms with Crippen LogP contribution in [0.15, 0.2) is 29.2 Å². The maximum atomic E-state index is 11.9. The van der Waals surface area contributed by atoms with Crippen LogP contribution in [0.2, 0.25) is 0 Å². The number of rotatable bonds is 5. The normalized spacial score (nSPS) is 19.0. The molecule has 6 heteroatoms. The summed E-state index contributed by atoms with van der Waals surface area (Å²) >= 11 is 0. The average Bonchev–Trinajstić information content (AvgIpc) is 2.47. The Morgan fingerprint density at radius 3 is 2.77 bits per heavy atom. The molecule has 0 aliphatic carbocycles. The van der Waals surface area contributed by atoms with Crippen molar-refractivity contribution in [1.82, 2.24) is 5.32 Å². The summed E-state index contributed by atoms with van der Waals surface area (Å²) in [4.78, 5) is 14.2. The zero-order valence-electron chi connectivity index (χ0n) is 13.2. The molecule has 1 amide bonds. The van der Waals surface area contributed by atoms with Gasteiger partial charge in [-0.1, -0.05) is 19.1 Å². The van der Waals surface area contributed by atoms with Crippen molar-refractivity contribution in [2.24, 2.45) is 0 Å². The Bertz CT molecular complexity index is 628. The second-order valence-corrected chi connectivity index (χ2v) is 7.83. The van der Waals surface area contributed by atoms with Crippen molar-refractivity contribution < 1.29 is 13.2 Å². The molecule has 2 rings (SSSR count). The maximum Gasteiger partial charge on any atom is 0.220 e. The predicted octanol–water partition coefficient (Wildman–Crippen LogP) is 1.98. The van der Waals surface area contributed by atoms with Crippen LogP contribution >= 0.6 is 0 Å². The zero-order valence-corrected chi connectivity index (χ0v) is 14.0. The number of amides is 1. The molecule has 1 aromatic rings. The number of nitrogens with one attached hydrogen (secondary N) is 1. The smallest absolute Gasteiger partial charge is 0.220 e. The van der Waals surface area contributed by atoms with Gasteiger partial charge in [-0.2, -0.15) is 0 Å². The van der Waals surface area contributed by atoms with Gasteiger partial charge in [0.2, 0.25) is 5.91 Å². The first-order valence-electron chi connectivity index (χ1n) is 7.75. The molecule has 0 saturated carbocycles. The van der Waals surface area contributed by atoms with E-state index in [0.717, 1.165) is 31.5 Å². The van der Waals surface area contributed by atoms with Crippen LogP contribution in [0, 0.1) is 0 Å². The Hall–Kier alpha value is -1.56. The molecule has 122 valence electrons. The second-order valence-electron chi connectivity index (χ2n) is 5.84. The van der Waals surface area contributed by atoms with Crippen LogP contribution in [-0.2, 0) is 14.6 Å². The van der Waals surface area contributed by atoms with Crippen molar-refractivity contribution >= 4 is 21.4 Å². The zero-order chi connectivity index (χ0) is 16.2. The summed E-state index contributed by atoms with van der Waals surface area (Å²) < 4.78 is 23.9. The quantitative estimate of drug-likeness (QED) is 0.899. The van der Waals surface area contributed by atoms with Gasteiger partial charge in [0.1, 0.15) is 0 Å². The highest BCUT2D eigenvalue weighted by Gasteiger charge is 2.24. The minimum atomic E-state index is -3.26. The molecular weight excluding hydrogens is 300 g/mol.